The first kappa shape index (κ1) is 52.5. The fraction of sp³-hybridized carbons (Fsp3) is 0.314. The fourth-order valence-corrected chi connectivity index (χ4v) is 7.27. The summed E-state index contributed by atoms with van der Waals surface area (Å²) in [7, 11) is 2.48. The summed E-state index contributed by atoms with van der Waals surface area (Å²) < 4.78 is 51.8. The molecule has 0 aromatic heterocycles. The van der Waals surface area contributed by atoms with Crippen LogP contribution < -0.4 is 0 Å². The summed E-state index contributed by atoms with van der Waals surface area (Å²) in [6.45, 7) is -1.14. The topological polar surface area (TPSA) is 270 Å². The van der Waals surface area contributed by atoms with Crippen LogP contribution in [-0.4, -0.2) is 156 Å². The highest BCUT2D eigenvalue weighted by Crippen LogP contribution is 2.33. The second-order valence-electron chi connectivity index (χ2n) is 15.6. The predicted octanol–water partition coefficient (Wildman–Crippen LogP) is 2.91. The second-order valence-corrected chi connectivity index (χ2v) is 15.6. The van der Waals surface area contributed by atoms with Crippen molar-refractivity contribution in [2.45, 2.75) is 73.6 Å². The van der Waals surface area contributed by atoms with E-state index in [9.17, 15) is 44.4 Å². The first-order valence-electron chi connectivity index (χ1n) is 21.8. The first-order valence-corrected chi connectivity index (χ1v) is 21.8. The molecule has 5 aromatic carbocycles. The molecule has 70 heavy (non-hydrogen) atoms. The Balaban J connectivity index is 0.000000458. The summed E-state index contributed by atoms with van der Waals surface area (Å²) in [5.41, 5.74) is 0.672. The SMILES string of the molecule is CO[C@@H]1O[C@H](CO)[C@@H](O)[C@H](O)[C@@H](O)[C@H]1O.CO[C@@H]1O[C@H](COC(=O)c2ccccc2)[C@@H](OC(=O)c2ccccc2)[C@H](OC(=O)c2ccccc2)[C@@H](OC(=O)c2ccccc2)[C@H]1OC(=O)c1ccccc1. The van der Waals surface area contributed by atoms with Crippen molar-refractivity contribution in [3.8, 4) is 0 Å². The van der Waals surface area contributed by atoms with Crippen LogP contribution in [0.3, 0.4) is 0 Å². The van der Waals surface area contributed by atoms with Crippen molar-refractivity contribution >= 4 is 29.8 Å². The van der Waals surface area contributed by atoms with Crippen molar-refractivity contribution in [2.75, 3.05) is 27.4 Å². The van der Waals surface area contributed by atoms with E-state index in [4.69, 9.17) is 47.7 Å². The number of benzene rings is 5. The summed E-state index contributed by atoms with van der Waals surface area (Å²) >= 11 is 0. The van der Waals surface area contributed by atoms with Crippen molar-refractivity contribution in [2.24, 2.45) is 0 Å². The molecule has 2 fully saturated rings. The third-order valence-corrected chi connectivity index (χ3v) is 11.0. The van der Waals surface area contributed by atoms with E-state index >= 15 is 0 Å². The minimum absolute atomic E-state index is 0.0992. The summed E-state index contributed by atoms with van der Waals surface area (Å²) in [6.07, 6.45) is -18.4. The molecule has 19 heteroatoms. The largest absolute Gasteiger partial charge is 0.459 e. The molecular formula is C51H52O19. The third kappa shape index (κ3) is 13.4. The number of ether oxygens (including phenoxy) is 9. The van der Waals surface area contributed by atoms with Gasteiger partial charge >= 0.3 is 29.8 Å². The maximum Gasteiger partial charge on any atom is 0.338 e. The molecule has 19 nitrogen and oxygen atoms in total. The fourth-order valence-electron chi connectivity index (χ4n) is 7.27. The molecule has 7 rings (SSSR count). The van der Waals surface area contributed by atoms with E-state index in [-0.39, 0.29) is 27.8 Å². The van der Waals surface area contributed by atoms with Crippen molar-refractivity contribution in [1.29, 1.82) is 0 Å². The Labute approximate surface area is 401 Å². The second kappa shape index (κ2) is 25.6. The number of hydrogen-bond donors (Lipinski definition) is 5. The molecule has 2 aliphatic rings. The van der Waals surface area contributed by atoms with Gasteiger partial charge in [0.1, 0.15) is 43.2 Å². The van der Waals surface area contributed by atoms with Gasteiger partial charge in [-0.15, -0.1) is 0 Å². The Morgan fingerprint density at radius 2 is 0.714 bits per heavy atom. The van der Waals surface area contributed by atoms with Crippen LogP contribution in [0.25, 0.3) is 0 Å². The zero-order valence-electron chi connectivity index (χ0n) is 37.7. The number of aliphatic hydroxyl groups excluding tert-OH is 5. The highest BCUT2D eigenvalue weighted by Gasteiger charge is 2.55. The van der Waals surface area contributed by atoms with Gasteiger partial charge in [-0.25, -0.2) is 24.0 Å². The summed E-state index contributed by atoms with van der Waals surface area (Å²) in [4.78, 5) is 68.5. The zero-order chi connectivity index (χ0) is 50.2. The van der Waals surface area contributed by atoms with Gasteiger partial charge in [0.05, 0.1) is 34.4 Å². The lowest BCUT2D eigenvalue weighted by atomic mass is 9.99. The molecule has 2 aliphatic heterocycles. The number of methoxy groups -OCH3 is 2. The van der Waals surface area contributed by atoms with Gasteiger partial charge in [-0.2, -0.15) is 0 Å². The van der Waals surface area contributed by atoms with E-state index in [1.807, 2.05) is 0 Å². The molecule has 12 atom stereocenters. The monoisotopic (exact) mass is 968 g/mol. The lowest BCUT2D eigenvalue weighted by Crippen LogP contribution is -2.54. The molecule has 0 amide bonds. The Bertz CT molecular complexity index is 2400. The highest BCUT2D eigenvalue weighted by molar-refractivity contribution is 5.92. The average Bonchev–Trinajstić information content (AvgIpc) is 3.56. The Hall–Kier alpha value is -6.91. The van der Waals surface area contributed by atoms with Crippen LogP contribution in [0, 0.1) is 0 Å². The van der Waals surface area contributed by atoms with Crippen LogP contribution in [0.2, 0.25) is 0 Å². The number of carbonyl (C=O) groups excluding carboxylic acids is 5. The predicted molar refractivity (Wildman–Crippen MR) is 242 cm³/mol. The molecule has 0 saturated carbocycles. The molecule has 2 saturated heterocycles. The van der Waals surface area contributed by atoms with Crippen LogP contribution in [0.5, 0.6) is 0 Å². The van der Waals surface area contributed by atoms with Gasteiger partial charge in [0.15, 0.2) is 37.0 Å². The molecule has 0 spiro atoms. The van der Waals surface area contributed by atoms with Gasteiger partial charge < -0.3 is 68.2 Å². The van der Waals surface area contributed by atoms with Crippen molar-refractivity contribution in [1.82, 2.24) is 0 Å². The lowest BCUT2D eigenvalue weighted by Gasteiger charge is -2.34. The maximum absolute atomic E-state index is 13.9. The van der Waals surface area contributed by atoms with Crippen molar-refractivity contribution in [3.63, 3.8) is 0 Å². The van der Waals surface area contributed by atoms with Crippen LogP contribution in [0.15, 0.2) is 152 Å². The quantitative estimate of drug-likeness (QED) is 0.0791. The maximum atomic E-state index is 13.9. The molecule has 5 aromatic rings. The Kier molecular flexibility index (Phi) is 19.2. The van der Waals surface area contributed by atoms with Crippen molar-refractivity contribution < 1.29 is 92.1 Å². The molecule has 2 heterocycles. The molecule has 0 aliphatic carbocycles. The van der Waals surface area contributed by atoms with Gasteiger partial charge in [0, 0.05) is 14.2 Å². The van der Waals surface area contributed by atoms with E-state index in [2.05, 4.69) is 0 Å². The lowest BCUT2D eigenvalue weighted by molar-refractivity contribution is -0.222. The van der Waals surface area contributed by atoms with Crippen LogP contribution >= 0.6 is 0 Å². The molecule has 5 N–H and O–H groups in total. The number of carbonyl (C=O) groups is 5. The Morgan fingerprint density at radius 1 is 0.400 bits per heavy atom. The molecule has 0 bridgehead atoms. The van der Waals surface area contributed by atoms with E-state index in [1.54, 1.807) is 103 Å². The third-order valence-electron chi connectivity index (χ3n) is 11.0. The van der Waals surface area contributed by atoms with Gasteiger partial charge in [-0.05, 0) is 60.7 Å². The molecule has 0 radical (unpaired) electrons. The van der Waals surface area contributed by atoms with E-state index < -0.39 is 117 Å². The number of hydrogen-bond acceptors (Lipinski definition) is 19. The number of esters is 5. The van der Waals surface area contributed by atoms with E-state index in [1.165, 1.54) is 62.8 Å². The van der Waals surface area contributed by atoms with Crippen LogP contribution in [-0.2, 0) is 42.6 Å². The van der Waals surface area contributed by atoms with Crippen molar-refractivity contribution in [3.05, 3.63) is 179 Å². The molecule has 370 valence electrons. The molecular weight excluding hydrogens is 917 g/mol. The smallest absolute Gasteiger partial charge is 0.338 e. The molecule has 0 unspecified atom stereocenters. The van der Waals surface area contributed by atoms with Gasteiger partial charge in [0.2, 0.25) is 0 Å². The summed E-state index contributed by atoms with van der Waals surface area (Å²) in [5.74, 6) is -4.29. The van der Waals surface area contributed by atoms with Gasteiger partial charge in [0.25, 0.3) is 0 Å². The summed E-state index contributed by atoms with van der Waals surface area (Å²) in [6, 6.07) is 39.9. The van der Waals surface area contributed by atoms with Crippen LogP contribution in [0.4, 0.5) is 0 Å². The van der Waals surface area contributed by atoms with Gasteiger partial charge in [-0.1, -0.05) is 91.0 Å². The van der Waals surface area contributed by atoms with Crippen LogP contribution in [0.1, 0.15) is 51.8 Å². The van der Waals surface area contributed by atoms with E-state index in [0.29, 0.717) is 0 Å². The number of rotatable bonds is 14. The van der Waals surface area contributed by atoms with Gasteiger partial charge in [-0.3, -0.25) is 0 Å². The zero-order valence-corrected chi connectivity index (χ0v) is 37.7. The minimum atomic E-state index is -1.76. The average molecular weight is 969 g/mol. The minimum Gasteiger partial charge on any atom is -0.459 e. The Morgan fingerprint density at radius 3 is 1.09 bits per heavy atom. The summed E-state index contributed by atoms with van der Waals surface area (Å²) in [5, 5.41) is 46.6. The first-order chi connectivity index (χ1) is 33.8. The standard InChI is InChI=1S/C43H36O12.C8H16O7/c1-49-43-37(55-42(48)32-25-15-6-16-26-32)36(54-41(47)31-23-13-5-14-24-31)35(53-40(46)30-21-11-4-12-22-30)34(52-39(45)29-19-9-3-10-20-29)33(51-43)27-50-38(44)28-17-7-2-8-18-28;1-14-8-7(13)6(12)5(11)4(10)3(2-9)15-8/h2-26,33-37,43H,27H2,1H3;3-13H,2H2,1H3/t33-,34-,35+,36-,37-,43-;3-,4-,5+,6-,7-,8-/m11/s1. The van der Waals surface area contributed by atoms with E-state index in [0.717, 1.165) is 0 Å². The normalized spacial score (nSPS) is 26.3. The highest BCUT2D eigenvalue weighted by atomic mass is 16.7. The number of aliphatic hydroxyl groups is 5.